The fourth-order valence-corrected chi connectivity index (χ4v) is 1.78. The lowest BCUT2D eigenvalue weighted by molar-refractivity contribution is 0.185. The molecule has 0 aliphatic rings. The highest BCUT2D eigenvalue weighted by Crippen LogP contribution is 2.28. The summed E-state index contributed by atoms with van der Waals surface area (Å²) in [4.78, 5) is 0. The molecule has 0 aromatic heterocycles. The maximum absolute atomic E-state index is 9.46. The zero-order valence-electron chi connectivity index (χ0n) is 9.55. The van der Waals surface area contributed by atoms with Gasteiger partial charge in [-0.1, -0.05) is 18.2 Å². The predicted octanol–water partition coefficient (Wildman–Crippen LogP) is 2.91. The number of hydrogen-bond donors (Lipinski definition) is 2. The second-order valence-electron chi connectivity index (χ2n) is 3.82. The minimum atomic E-state index is 0.222. The summed E-state index contributed by atoms with van der Waals surface area (Å²) in [6.45, 7) is 0.435. The molecule has 0 unspecified atom stereocenters. The standard InChI is InChI=1S/C14H14O3/c1-17-9-11-8-13(16)6-7-14(11)10-2-4-12(15)5-3-10/h2-8,15-16H,9H2,1H3. The minimum absolute atomic E-state index is 0.222. The molecule has 17 heavy (non-hydrogen) atoms. The molecule has 2 N–H and O–H groups in total. The van der Waals surface area contributed by atoms with Gasteiger partial charge in [0.05, 0.1) is 6.61 Å². The molecule has 0 heterocycles. The largest absolute Gasteiger partial charge is 0.508 e. The third-order valence-electron chi connectivity index (χ3n) is 2.57. The molecule has 0 amide bonds. The fraction of sp³-hybridized carbons (Fsp3) is 0.143. The highest BCUT2D eigenvalue weighted by Gasteiger charge is 2.06. The molecule has 2 aromatic rings. The van der Waals surface area contributed by atoms with E-state index >= 15 is 0 Å². The fourth-order valence-electron chi connectivity index (χ4n) is 1.78. The Labute approximate surface area is 99.9 Å². The molecule has 3 nitrogen and oxygen atoms in total. The maximum Gasteiger partial charge on any atom is 0.115 e. The van der Waals surface area contributed by atoms with Gasteiger partial charge >= 0.3 is 0 Å². The Balaban J connectivity index is 2.46. The molecule has 2 aromatic carbocycles. The number of phenols is 2. The first-order valence-electron chi connectivity index (χ1n) is 5.31. The molecular formula is C14H14O3. The van der Waals surface area contributed by atoms with Crippen molar-refractivity contribution < 1.29 is 14.9 Å². The average molecular weight is 230 g/mol. The summed E-state index contributed by atoms with van der Waals surface area (Å²) in [5, 5.41) is 18.7. The molecule has 3 heteroatoms. The van der Waals surface area contributed by atoms with Gasteiger partial charge in [-0.25, -0.2) is 0 Å². The molecule has 0 radical (unpaired) electrons. The van der Waals surface area contributed by atoms with Crippen LogP contribution in [0.5, 0.6) is 11.5 Å². The zero-order valence-corrected chi connectivity index (χ0v) is 9.55. The molecule has 0 bridgehead atoms. The maximum atomic E-state index is 9.46. The second-order valence-corrected chi connectivity index (χ2v) is 3.82. The van der Waals surface area contributed by atoms with Crippen molar-refractivity contribution in [2.24, 2.45) is 0 Å². The molecule has 0 atom stereocenters. The Morgan fingerprint density at radius 1 is 0.941 bits per heavy atom. The van der Waals surface area contributed by atoms with Crippen LogP contribution in [0.15, 0.2) is 42.5 Å². The van der Waals surface area contributed by atoms with E-state index in [0.29, 0.717) is 6.61 Å². The van der Waals surface area contributed by atoms with Crippen molar-refractivity contribution in [2.75, 3.05) is 7.11 Å². The van der Waals surface area contributed by atoms with Crippen LogP contribution >= 0.6 is 0 Å². The molecule has 0 fully saturated rings. The Bertz CT molecular complexity index is 503. The van der Waals surface area contributed by atoms with Gasteiger partial charge in [-0.3, -0.25) is 0 Å². The van der Waals surface area contributed by atoms with E-state index in [1.54, 1.807) is 31.4 Å². The van der Waals surface area contributed by atoms with E-state index < -0.39 is 0 Å². The van der Waals surface area contributed by atoms with Crippen LogP contribution in [0.4, 0.5) is 0 Å². The lowest BCUT2D eigenvalue weighted by Gasteiger charge is -2.09. The molecule has 0 aliphatic heterocycles. The molecule has 0 aliphatic carbocycles. The first-order valence-corrected chi connectivity index (χ1v) is 5.31. The number of methoxy groups -OCH3 is 1. The van der Waals surface area contributed by atoms with Gasteiger partial charge in [0.1, 0.15) is 11.5 Å². The Kier molecular flexibility index (Phi) is 3.30. The summed E-state index contributed by atoms with van der Waals surface area (Å²) in [7, 11) is 1.62. The zero-order chi connectivity index (χ0) is 12.3. The molecule has 0 spiro atoms. The highest BCUT2D eigenvalue weighted by atomic mass is 16.5. The van der Waals surface area contributed by atoms with Crippen molar-refractivity contribution in [1.29, 1.82) is 0 Å². The van der Waals surface area contributed by atoms with Crippen molar-refractivity contribution in [1.82, 2.24) is 0 Å². The molecule has 2 rings (SSSR count). The normalized spacial score (nSPS) is 10.4. The number of hydrogen-bond acceptors (Lipinski definition) is 3. The third kappa shape index (κ3) is 2.57. The van der Waals surface area contributed by atoms with Gasteiger partial charge in [0.2, 0.25) is 0 Å². The van der Waals surface area contributed by atoms with Crippen LogP contribution in [0.1, 0.15) is 5.56 Å². The highest BCUT2D eigenvalue weighted by molar-refractivity contribution is 5.68. The van der Waals surface area contributed by atoms with Gasteiger partial charge in [-0.05, 0) is 41.0 Å². The summed E-state index contributed by atoms with van der Waals surface area (Å²) in [5.41, 5.74) is 2.89. The second kappa shape index (κ2) is 4.89. The summed E-state index contributed by atoms with van der Waals surface area (Å²) in [6.07, 6.45) is 0. The van der Waals surface area contributed by atoms with E-state index in [1.807, 2.05) is 18.2 Å². The summed E-state index contributed by atoms with van der Waals surface area (Å²) < 4.78 is 5.11. The van der Waals surface area contributed by atoms with Gasteiger partial charge < -0.3 is 14.9 Å². The smallest absolute Gasteiger partial charge is 0.115 e. The minimum Gasteiger partial charge on any atom is -0.508 e. The van der Waals surface area contributed by atoms with Crippen LogP contribution in [0.25, 0.3) is 11.1 Å². The van der Waals surface area contributed by atoms with Gasteiger partial charge in [0.15, 0.2) is 0 Å². The van der Waals surface area contributed by atoms with E-state index in [0.717, 1.165) is 16.7 Å². The van der Waals surface area contributed by atoms with E-state index in [2.05, 4.69) is 0 Å². The first-order chi connectivity index (χ1) is 8.20. The van der Waals surface area contributed by atoms with E-state index in [9.17, 15) is 10.2 Å². The molecule has 0 saturated heterocycles. The Morgan fingerprint density at radius 3 is 2.24 bits per heavy atom. The number of phenolic OH excluding ortho intramolecular Hbond substituents is 2. The van der Waals surface area contributed by atoms with Gasteiger partial charge in [0.25, 0.3) is 0 Å². The van der Waals surface area contributed by atoms with E-state index in [-0.39, 0.29) is 11.5 Å². The van der Waals surface area contributed by atoms with Gasteiger partial charge in [-0.2, -0.15) is 0 Å². The quantitative estimate of drug-likeness (QED) is 0.852. The van der Waals surface area contributed by atoms with Crippen LogP contribution in [-0.4, -0.2) is 17.3 Å². The number of ether oxygens (including phenoxy) is 1. The van der Waals surface area contributed by atoms with Crippen molar-refractivity contribution >= 4 is 0 Å². The van der Waals surface area contributed by atoms with E-state index in [1.165, 1.54) is 0 Å². The first kappa shape index (κ1) is 11.5. The van der Waals surface area contributed by atoms with Crippen molar-refractivity contribution in [2.45, 2.75) is 6.61 Å². The topological polar surface area (TPSA) is 49.7 Å². The third-order valence-corrected chi connectivity index (χ3v) is 2.57. The SMILES string of the molecule is COCc1cc(O)ccc1-c1ccc(O)cc1. The van der Waals surface area contributed by atoms with Crippen LogP contribution in [0.2, 0.25) is 0 Å². The number of aromatic hydroxyl groups is 2. The van der Waals surface area contributed by atoms with Crippen LogP contribution in [-0.2, 0) is 11.3 Å². The average Bonchev–Trinajstić information content (AvgIpc) is 2.31. The van der Waals surface area contributed by atoms with Crippen molar-refractivity contribution in [3.8, 4) is 22.6 Å². The molecular weight excluding hydrogens is 216 g/mol. The van der Waals surface area contributed by atoms with Crippen LogP contribution in [0, 0.1) is 0 Å². The Hall–Kier alpha value is -2.00. The number of rotatable bonds is 3. The summed E-state index contributed by atoms with van der Waals surface area (Å²) in [5.74, 6) is 0.459. The lowest BCUT2D eigenvalue weighted by atomic mass is 10.00. The lowest BCUT2D eigenvalue weighted by Crippen LogP contribution is -1.91. The predicted molar refractivity (Wildman–Crippen MR) is 65.9 cm³/mol. The number of benzene rings is 2. The van der Waals surface area contributed by atoms with Gasteiger partial charge in [0, 0.05) is 7.11 Å². The Morgan fingerprint density at radius 2 is 1.59 bits per heavy atom. The monoisotopic (exact) mass is 230 g/mol. The summed E-state index contributed by atoms with van der Waals surface area (Å²) in [6, 6.07) is 12.1. The van der Waals surface area contributed by atoms with Crippen LogP contribution in [0.3, 0.4) is 0 Å². The van der Waals surface area contributed by atoms with Gasteiger partial charge in [-0.15, -0.1) is 0 Å². The van der Waals surface area contributed by atoms with Crippen molar-refractivity contribution in [3.63, 3.8) is 0 Å². The van der Waals surface area contributed by atoms with Crippen molar-refractivity contribution in [3.05, 3.63) is 48.0 Å². The summed E-state index contributed by atoms with van der Waals surface area (Å²) >= 11 is 0. The van der Waals surface area contributed by atoms with Crippen LogP contribution < -0.4 is 0 Å². The molecule has 0 saturated carbocycles. The molecule has 88 valence electrons. The van der Waals surface area contributed by atoms with E-state index in [4.69, 9.17) is 4.74 Å².